The largest absolute Gasteiger partial charge is 0.336 e. The number of piperazine rings is 1. The maximum Gasteiger partial charge on any atom is 0.253 e. The number of carbonyl (C=O) groups is 3. The summed E-state index contributed by atoms with van der Waals surface area (Å²) in [5.74, 6) is -0.274. The van der Waals surface area contributed by atoms with Crippen LogP contribution in [0.15, 0.2) is 54.6 Å². The minimum Gasteiger partial charge on any atom is -0.336 e. The van der Waals surface area contributed by atoms with E-state index in [1.807, 2.05) is 58.3 Å². The number of hydrogen-bond donors (Lipinski definition) is 1. The molecule has 1 N–H and O–H groups in total. The molecule has 0 radical (unpaired) electrons. The average Bonchev–Trinajstić information content (AvgIpc) is 2.73. The van der Waals surface area contributed by atoms with Crippen molar-refractivity contribution in [3.05, 3.63) is 60.2 Å². The number of hydrogen-bond acceptors (Lipinski definition) is 4. The maximum absolute atomic E-state index is 12.8. The van der Waals surface area contributed by atoms with Gasteiger partial charge in [0.25, 0.3) is 5.91 Å². The average molecular weight is 378 g/mol. The van der Waals surface area contributed by atoms with E-state index in [0.717, 1.165) is 5.69 Å². The fraction of sp³-hybridized carbons (Fsp3) is 0.286. The Kier molecular flexibility index (Phi) is 5.08. The van der Waals surface area contributed by atoms with E-state index in [2.05, 4.69) is 5.32 Å². The number of nitrogens with one attached hydrogen (secondary N) is 1. The van der Waals surface area contributed by atoms with Gasteiger partial charge in [-0.1, -0.05) is 30.3 Å². The third kappa shape index (κ3) is 3.75. The summed E-state index contributed by atoms with van der Waals surface area (Å²) in [5, 5.41) is 2.79. The zero-order valence-corrected chi connectivity index (χ0v) is 15.5. The van der Waals surface area contributed by atoms with Crippen molar-refractivity contribution in [1.29, 1.82) is 0 Å². The smallest absolute Gasteiger partial charge is 0.253 e. The lowest BCUT2D eigenvalue weighted by Crippen LogP contribution is -2.52. The van der Waals surface area contributed by atoms with Gasteiger partial charge in [-0.3, -0.25) is 24.2 Å². The highest BCUT2D eigenvalue weighted by atomic mass is 16.2. The van der Waals surface area contributed by atoms with Gasteiger partial charge in [0.2, 0.25) is 11.8 Å². The SMILES string of the molecule is O=C1CN(C(=O)CN2CCN(C(=O)c3ccccc3)CC2)c2ccccc2N1. The molecule has 2 aromatic rings. The fourth-order valence-corrected chi connectivity index (χ4v) is 3.60. The molecule has 0 aliphatic carbocycles. The number of carbonyl (C=O) groups excluding carboxylic acids is 3. The summed E-state index contributed by atoms with van der Waals surface area (Å²) < 4.78 is 0. The van der Waals surface area contributed by atoms with Crippen LogP contribution in [0.5, 0.6) is 0 Å². The standard InChI is InChI=1S/C21H22N4O3/c26-19-14-25(18-9-5-4-8-17(18)22-19)20(27)15-23-10-12-24(13-11-23)21(28)16-6-2-1-3-7-16/h1-9H,10-15H2,(H,22,26). The molecule has 2 aliphatic rings. The molecule has 144 valence electrons. The molecule has 0 atom stereocenters. The highest BCUT2D eigenvalue weighted by molar-refractivity contribution is 6.10. The Morgan fingerprint density at radius 2 is 1.57 bits per heavy atom. The summed E-state index contributed by atoms with van der Waals surface area (Å²) in [6.07, 6.45) is 0. The zero-order valence-electron chi connectivity index (χ0n) is 15.5. The highest BCUT2D eigenvalue weighted by Gasteiger charge is 2.29. The third-order valence-electron chi connectivity index (χ3n) is 5.11. The predicted molar refractivity (Wildman–Crippen MR) is 106 cm³/mol. The van der Waals surface area contributed by atoms with E-state index in [-0.39, 0.29) is 30.8 Å². The molecule has 1 saturated heterocycles. The molecular formula is C21H22N4O3. The molecule has 28 heavy (non-hydrogen) atoms. The Bertz CT molecular complexity index is 892. The lowest BCUT2D eigenvalue weighted by atomic mass is 10.1. The zero-order chi connectivity index (χ0) is 19.5. The van der Waals surface area contributed by atoms with Crippen LogP contribution in [0, 0.1) is 0 Å². The normalized spacial score (nSPS) is 17.1. The van der Waals surface area contributed by atoms with Gasteiger partial charge < -0.3 is 10.2 Å². The molecule has 4 rings (SSSR count). The van der Waals surface area contributed by atoms with Crippen LogP contribution < -0.4 is 10.2 Å². The molecule has 2 heterocycles. The molecule has 1 fully saturated rings. The highest BCUT2D eigenvalue weighted by Crippen LogP contribution is 2.29. The van der Waals surface area contributed by atoms with Crippen LogP contribution in [0.25, 0.3) is 0 Å². The third-order valence-corrected chi connectivity index (χ3v) is 5.11. The van der Waals surface area contributed by atoms with Crippen LogP contribution in [0.1, 0.15) is 10.4 Å². The first-order valence-corrected chi connectivity index (χ1v) is 9.38. The van der Waals surface area contributed by atoms with Crippen molar-refractivity contribution >= 4 is 29.1 Å². The Hall–Kier alpha value is -3.19. The monoisotopic (exact) mass is 378 g/mol. The van der Waals surface area contributed by atoms with E-state index in [0.29, 0.717) is 37.4 Å². The number of nitrogens with zero attached hydrogens (tertiary/aromatic N) is 3. The van der Waals surface area contributed by atoms with Crippen LogP contribution in [0.2, 0.25) is 0 Å². The Morgan fingerprint density at radius 3 is 2.32 bits per heavy atom. The second-order valence-corrected chi connectivity index (χ2v) is 6.98. The van der Waals surface area contributed by atoms with Crippen LogP contribution in [0.4, 0.5) is 11.4 Å². The quantitative estimate of drug-likeness (QED) is 0.877. The van der Waals surface area contributed by atoms with Crippen molar-refractivity contribution in [2.45, 2.75) is 0 Å². The molecule has 2 aliphatic heterocycles. The summed E-state index contributed by atoms with van der Waals surface area (Å²) in [4.78, 5) is 42.7. The molecule has 3 amide bonds. The molecule has 0 spiro atoms. The van der Waals surface area contributed by atoms with E-state index < -0.39 is 0 Å². The van der Waals surface area contributed by atoms with Crippen molar-refractivity contribution < 1.29 is 14.4 Å². The van der Waals surface area contributed by atoms with Gasteiger partial charge in [0.15, 0.2) is 0 Å². The number of rotatable bonds is 3. The summed E-state index contributed by atoms with van der Waals surface area (Å²) in [7, 11) is 0. The summed E-state index contributed by atoms with van der Waals surface area (Å²) in [5.41, 5.74) is 2.07. The first-order valence-electron chi connectivity index (χ1n) is 9.38. The van der Waals surface area contributed by atoms with E-state index in [1.165, 1.54) is 4.90 Å². The Morgan fingerprint density at radius 1 is 0.893 bits per heavy atom. The van der Waals surface area contributed by atoms with E-state index in [1.54, 1.807) is 6.07 Å². The van der Waals surface area contributed by atoms with Crippen molar-refractivity contribution in [2.24, 2.45) is 0 Å². The summed E-state index contributed by atoms with van der Waals surface area (Å²) in [6.45, 7) is 2.69. The second kappa shape index (κ2) is 7.82. The number of benzene rings is 2. The fourth-order valence-electron chi connectivity index (χ4n) is 3.60. The molecule has 0 unspecified atom stereocenters. The first-order chi connectivity index (χ1) is 13.6. The summed E-state index contributed by atoms with van der Waals surface area (Å²) >= 11 is 0. The number of amides is 3. The second-order valence-electron chi connectivity index (χ2n) is 6.98. The number of anilines is 2. The molecular weight excluding hydrogens is 356 g/mol. The Balaban J connectivity index is 1.36. The lowest BCUT2D eigenvalue weighted by Gasteiger charge is -2.36. The van der Waals surface area contributed by atoms with Crippen LogP contribution >= 0.6 is 0 Å². The minimum absolute atomic E-state index is 0.0215. The van der Waals surface area contributed by atoms with Gasteiger partial charge in [-0.2, -0.15) is 0 Å². The topological polar surface area (TPSA) is 73.0 Å². The minimum atomic E-state index is -0.190. The number of fused-ring (bicyclic) bond motifs is 1. The lowest BCUT2D eigenvalue weighted by molar-refractivity contribution is -0.122. The van der Waals surface area contributed by atoms with Crippen LogP contribution in [0.3, 0.4) is 0 Å². The Labute approximate surface area is 163 Å². The van der Waals surface area contributed by atoms with Gasteiger partial charge in [0, 0.05) is 31.7 Å². The van der Waals surface area contributed by atoms with Gasteiger partial charge in [-0.05, 0) is 24.3 Å². The van der Waals surface area contributed by atoms with Crippen molar-refractivity contribution in [3.63, 3.8) is 0 Å². The maximum atomic E-state index is 12.8. The molecule has 0 bridgehead atoms. The van der Waals surface area contributed by atoms with Gasteiger partial charge in [0.05, 0.1) is 17.9 Å². The van der Waals surface area contributed by atoms with Gasteiger partial charge in [-0.15, -0.1) is 0 Å². The van der Waals surface area contributed by atoms with E-state index in [4.69, 9.17) is 0 Å². The number of para-hydroxylation sites is 2. The van der Waals surface area contributed by atoms with Gasteiger partial charge in [-0.25, -0.2) is 0 Å². The van der Waals surface area contributed by atoms with Crippen molar-refractivity contribution in [3.8, 4) is 0 Å². The molecule has 7 nitrogen and oxygen atoms in total. The summed E-state index contributed by atoms with van der Waals surface area (Å²) in [6, 6.07) is 16.5. The van der Waals surface area contributed by atoms with Gasteiger partial charge >= 0.3 is 0 Å². The van der Waals surface area contributed by atoms with Crippen molar-refractivity contribution in [2.75, 3.05) is 49.5 Å². The molecule has 2 aromatic carbocycles. The van der Waals surface area contributed by atoms with Crippen LogP contribution in [-0.2, 0) is 9.59 Å². The van der Waals surface area contributed by atoms with Gasteiger partial charge in [0.1, 0.15) is 6.54 Å². The molecule has 0 saturated carbocycles. The first kappa shape index (κ1) is 18.2. The predicted octanol–water partition coefficient (Wildman–Crippen LogP) is 1.43. The van der Waals surface area contributed by atoms with E-state index in [9.17, 15) is 14.4 Å². The van der Waals surface area contributed by atoms with E-state index >= 15 is 0 Å². The van der Waals surface area contributed by atoms with Crippen molar-refractivity contribution in [1.82, 2.24) is 9.80 Å². The molecule has 0 aromatic heterocycles. The molecule has 7 heteroatoms. The van der Waals surface area contributed by atoms with Crippen LogP contribution in [-0.4, -0.2) is 66.8 Å².